The fourth-order valence-corrected chi connectivity index (χ4v) is 3.80. The van der Waals surface area contributed by atoms with Gasteiger partial charge in [-0.2, -0.15) is 0 Å². The van der Waals surface area contributed by atoms with Gasteiger partial charge in [-0.05, 0) is 37.3 Å². The van der Waals surface area contributed by atoms with E-state index in [0.29, 0.717) is 0 Å². The second-order valence-corrected chi connectivity index (χ2v) is 7.47. The fourth-order valence-electron chi connectivity index (χ4n) is 3.80. The Morgan fingerprint density at radius 1 is 1.07 bits per heavy atom. The molecule has 1 saturated heterocycles. The van der Waals surface area contributed by atoms with Crippen molar-refractivity contribution >= 4 is 11.6 Å². The molecule has 0 aromatic heterocycles. The zero-order valence-electron chi connectivity index (χ0n) is 17.3. The third-order valence-corrected chi connectivity index (χ3v) is 5.64. The molecule has 2 aromatic carbocycles. The molecule has 0 radical (unpaired) electrons. The molecule has 1 aliphatic rings. The number of hydrogen-bond donors (Lipinski definition) is 3. The third-order valence-electron chi connectivity index (χ3n) is 5.64. The van der Waals surface area contributed by atoms with Crippen LogP contribution in [0.3, 0.4) is 0 Å². The van der Waals surface area contributed by atoms with Crippen molar-refractivity contribution in [2.75, 3.05) is 45.7 Å². The van der Waals surface area contributed by atoms with E-state index in [4.69, 9.17) is 9.47 Å². The van der Waals surface area contributed by atoms with Gasteiger partial charge in [-0.1, -0.05) is 12.1 Å². The van der Waals surface area contributed by atoms with Crippen molar-refractivity contribution < 1.29 is 28.5 Å². The largest absolute Gasteiger partial charge is 0.493 e. The number of ether oxygens (including phenoxy) is 2. The normalized spacial score (nSPS) is 20.0. The molecule has 0 aliphatic carbocycles. The van der Waals surface area contributed by atoms with Crippen LogP contribution >= 0.6 is 0 Å². The Bertz CT molecular complexity index is 838. The van der Waals surface area contributed by atoms with Crippen LogP contribution in [-0.2, 0) is 11.3 Å². The highest BCUT2D eigenvalue weighted by atomic mass is 19.1. The maximum atomic E-state index is 13.8. The average molecular weight is 403 g/mol. The Morgan fingerprint density at radius 3 is 2.41 bits per heavy atom. The summed E-state index contributed by atoms with van der Waals surface area (Å²) in [5.74, 6) is 0.919. The van der Waals surface area contributed by atoms with Crippen molar-refractivity contribution in [3.8, 4) is 11.5 Å². The number of para-hydroxylation sites is 1. The first-order valence-corrected chi connectivity index (χ1v) is 9.96. The number of hydrogen-bond acceptors (Lipinski definition) is 3. The van der Waals surface area contributed by atoms with E-state index in [-0.39, 0.29) is 17.6 Å². The molecule has 156 valence electrons. The van der Waals surface area contributed by atoms with Crippen LogP contribution < -0.4 is 24.6 Å². The van der Waals surface area contributed by atoms with Gasteiger partial charge < -0.3 is 24.6 Å². The van der Waals surface area contributed by atoms with E-state index >= 15 is 0 Å². The first-order chi connectivity index (χ1) is 14.0. The van der Waals surface area contributed by atoms with Crippen LogP contribution in [0.2, 0.25) is 0 Å². The van der Waals surface area contributed by atoms with Crippen molar-refractivity contribution in [2.45, 2.75) is 19.5 Å². The number of nitrogens with one attached hydrogen (secondary N) is 3. The molecule has 6 nitrogen and oxygen atoms in total. The smallest absolute Gasteiger partial charge is 0.282 e. The number of carbonyl (C=O) groups excluding carboxylic acids is 1. The summed E-state index contributed by atoms with van der Waals surface area (Å²) < 4.78 is 24.5. The summed E-state index contributed by atoms with van der Waals surface area (Å²) in [5.41, 5.74) is 1.44. The molecule has 7 heteroatoms. The van der Waals surface area contributed by atoms with E-state index in [1.165, 1.54) is 21.4 Å². The number of benzene rings is 2. The standard InChI is InChI=1S/C22H28FN3O3/c1-16(22(27)24-19-7-5-4-6-18(19)23)26-12-10-25(11-13-26)15-17-8-9-20(28-2)21(14-17)29-3/h4-9,14,16H,10-13,15H2,1-3H3,(H,24,27)/p+2/t16-/m1/s1. The minimum Gasteiger partial charge on any atom is -0.493 e. The third kappa shape index (κ3) is 5.25. The summed E-state index contributed by atoms with van der Waals surface area (Å²) in [5, 5.41) is 2.71. The van der Waals surface area contributed by atoms with Gasteiger partial charge in [0.15, 0.2) is 17.5 Å². The molecule has 0 bridgehead atoms. The van der Waals surface area contributed by atoms with Crippen LogP contribution in [0.25, 0.3) is 0 Å². The van der Waals surface area contributed by atoms with Crippen molar-refractivity contribution in [3.63, 3.8) is 0 Å². The number of anilines is 1. The first kappa shape index (κ1) is 21.1. The summed E-state index contributed by atoms with van der Waals surface area (Å²) in [6.07, 6.45) is 0. The van der Waals surface area contributed by atoms with E-state index in [0.717, 1.165) is 44.2 Å². The fraction of sp³-hybridized carbons (Fsp3) is 0.409. The van der Waals surface area contributed by atoms with Gasteiger partial charge in [-0.25, -0.2) is 4.39 Å². The van der Waals surface area contributed by atoms with Crippen molar-refractivity contribution in [1.82, 2.24) is 0 Å². The second kappa shape index (κ2) is 9.71. The number of rotatable bonds is 7. The lowest BCUT2D eigenvalue weighted by Crippen LogP contribution is -3.29. The van der Waals surface area contributed by atoms with E-state index in [2.05, 4.69) is 11.4 Å². The van der Waals surface area contributed by atoms with Gasteiger partial charge in [0.05, 0.1) is 19.9 Å². The summed E-state index contributed by atoms with van der Waals surface area (Å²) >= 11 is 0. The molecule has 1 aliphatic heterocycles. The van der Waals surface area contributed by atoms with Gasteiger partial charge >= 0.3 is 0 Å². The molecule has 1 heterocycles. The number of piperazine rings is 1. The Labute approximate surface area is 171 Å². The van der Waals surface area contributed by atoms with E-state index in [1.807, 2.05) is 19.1 Å². The van der Waals surface area contributed by atoms with Gasteiger partial charge in [0.2, 0.25) is 0 Å². The molecule has 3 rings (SSSR count). The lowest BCUT2D eigenvalue weighted by molar-refractivity contribution is -1.02. The van der Waals surface area contributed by atoms with Gasteiger partial charge in [-0.3, -0.25) is 4.79 Å². The summed E-state index contributed by atoms with van der Waals surface area (Å²) in [7, 11) is 3.28. The summed E-state index contributed by atoms with van der Waals surface area (Å²) in [6, 6.07) is 12.1. The minimum atomic E-state index is -0.410. The number of carbonyl (C=O) groups is 1. The maximum absolute atomic E-state index is 13.8. The molecule has 0 unspecified atom stereocenters. The summed E-state index contributed by atoms with van der Waals surface area (Å²) in [6.45, 7) is 6.55. The zero-order chi connectivity index (χ0) is 20.8. The highest BCUT2D eigenvalue weighted by Crippen LogP contribution is 2.27. The molecule has 1 atom stereocenters. The topological polar surface area (TPSA) is 56.4 Å². The molecular weight excluding hydrogens is 373 g/mol. The van der Waals surface area contributed by atoms with Crippen LogP contribution in [0.4, 0.5) is 10.1 Å². The monoisotopic (exact) mass is 403 g/mol. The Balaban J connectivity index is 1.52. The number of methoxy groups -OCH3 is 2. The minimum absolute atomic E-state index is 0.145. The molecule has 29 heavy (non-hydrogen) atoms. The highest BCUT2D eigenvalue weighted by Gasteiger charge is 2.31. The SMILES string of the molecule is COc1ccc(C[NH+]2CC[NH+]([C@H](C)C(=O)Nc3ccccc3F)CC2)cc1OC. The number of quaternary nitrogens is 2. The number of halogens is 1. The van der Waals surface area contributed by atoms with Gasteiger partial charge in [0, 0.05) is 5.56 Å². The highest BCUT2D eigenvalue weighted by molar-refractivity contribution is 5.93. The quantitative estimate of drug-likeness (QED) is 0.617. The summed E-state index contributed by atoms with van der Waals surface area (Å²) in [4.78, 5) is 15.2. The molecular formula is C22H30FN3O3+2. The lowest BCUT2D eigenvalue weighted by atomic mass is 10.1. The van der Waals surface area contributed by atoms with Crippen LogP contribution in [0, 0.1) is 5.82 Å². The van der Waals surface area contributed by atoms with E-state index in [1.54, 1.807) is 32.4 Å². The maximum Gasteiger partial charge on any atom is 0.282 e. The van der Waals surface area contributed by atoms with Gasteiger partial charge in [-0.15, -0.1) is 0 Å². The molecule has 0 spiro atoms. The van der Waals surface area contributed by atoms with Gasteiger partial charge in [0.25, 0.3) is 5.91 Å². The predicted octanol–water partition coefficient (Wildman–Crippen LogP) is 0.154. The van der Waals surface area contributed by atoms with Gasteiger partial charge in [0.1, 0.15) is 38.5 Å². The van der Waals surface area contributed by atoms with Crippen LogP contribution in [0.5, 0.6) is 11.5 Å². The first-order valence-electron chi connectivity index (χ1n) is 9.96. The van der Waals surface area contributed by atoms with Crippen molar-refractivity contribution in [3.05, 3.63) is 53.8 Å². The Hall–Kier alpha value is -2.64. The van der Waals surface area contributed by atoms with Crippen LogP contribution in [0.15, 0.2) is 42.5 Å². The predicted molar refractivity (Wildman–Crippen MR) is 109 cm³/mol. The zero-order valence-corrected chi connectivity index (χ0v) is 17.3. The Morgan fingerprint density at radius 2 is 1.76 bits per heavy atom. The van der Waals surface area contributed by atoms with Crippen LogP contribution in [0.1, 0.15) is 12.5 Å². The molecule has 2 aromatic rings. The molecule has 1 amide bonds. The average Bonchev–Trinajstić information content (AvgIpc) is 2.75. The van der Waals surface area contributed by atoms with Crippen molar-refractivity contribution in [2.24, 2.45) is 0 Å². The number of amides is 1. The lowest BCUT2D eigenvalue weighted by Gasteiger charge is -2.32. The Kier molecular flexibility index (Phi) is 7.06. The molecule has 0 saturated carbocycles. The van der Waals surface area contributed by atoms with Crippen LogP contribution in [-0.4, -0.2) is 52.3 Å². The van der Waals surface area contributed by atoms with E-state index < -0.39 is 5.82 Å². The van der Waals surface area contributed by atoms with E-state index in [9.17, 15) is 9.18 Å². The van der Waals surface area contributed by atoms with Crippen molar-refractivity contribution in [1.29, 1.82) is 0 Å². The molecule has 1 fully saturated rings. The second-order valence-electron chi connectivity index (χ2n) is 7.47. The molecule has 3 N–H and O–H groups in total.